The van der Waals surface area contributed by atoms with Crippen molar-refractivity contribution in [3.63, 3.8) is 0 Å². The summed E-state index contributed by atoms with van der Waals surface area (Å²) in [6.45, 7) is 6.85. The van der Waals surface area contributed by atoms with Gasteiger partial charge in [0, 0.05) is 0 Å². The lowest BCUT2D eigenvalue weighted by atomic mass is 9.73. The lowest BCUT2D eigenvalue weighted by Gasteiger charge is -2.47. The fraction of sp³-hybridized carbons (Fsp3) is 0.611. The first kappa shape index (κ1) is 14.6. The van der Waals surface area contributed by atoms with Crippen LogP contribution in [0.15, 0.2) is 24.3 Å². The number of morpholine rings is 1. The van der Waals surface area contributed by atoms with Crippen LogP contribution in [-0.4, -0.2) is 18.6 Å². The highest BCUT2D eigenvalue weighted by Gasteiger charge is 2.47. The molecule has 0 aromatic heterocycles. The van der Waals surface area contributed by atoms with Crippen LogP contribution in [0.5, 0.6) is 0 Å². The van der Waals surface area contributed by atoms with E-state index < -0.39 is 0 Å². The average Bonchev–Trinajstić information content (AvgIpc) is 2.46. The molecule has 1 saturated carbocycles. The summed E-state index contributed by atoms with van der Waals surface area (Å²) in [4.78, 5) is 11.9. The summed E-state index contributed by atoms with van der Waals surface area (Å²) in [7, 11) is 0. The van der Waals surface area contributed by atoms with Crippen LogP contribution < -0.4 is 5.32 Å². The molecule has 3 nitrogen and oxygen atoms in total. The van der Waals surface area contributed by atoms with Crippen molar-refractivity contribution < 1.29 is 9.53 Å². The molecular weight excluding hydrogens is 262 g/mol. The summed E-state index contributed by atoms with van der Waals surface area (Å²) >= 11 is 0. The van der Waals surface area contributed by atoms with Crippen LogP contribution in [0.3, 0.4) is 0 Å². The largest absolute Gasteiger partial charge is 0.366 e. The van der Waals surface area contributed by atoms with Gasteiger partial charge in [0.1, 0.15) is 6.61 Å². The molecule has 0 bridgehead atoms. The molecule has 0 radical (unpaired) electrons. The fourth-order valence-corrected chi connectivity index (χ4v) is 3.64. The van der Waals surface area contributed by atoms with Gasteiger partial charge >= 0.3 is 0 Å². The highest BCUT2D eigenvalue weighted by atomic mass is 16.5. The van der Waals surface area contributed by atoms with E-state index in [2.05, 4.69) is 50.4 Å². The predicted octanol–water partition coefficient (Wildman–Crippen LogP) is 3.27. The zero-order chi connectivity index (χ0) is 15.1. The summed E-state index contributed by atoms with van der Waals surface area (Å²) in [5.41, 5.74) is 2.34. The maximum absolute atomic E-state index is 11.9. The molecule has 2 atom stereocenters. The number of fused-ring (bicyclic) bond motifs is 1. The Labute approximate surface area is 127 Å². The van der Waals surface area contributed by atoms with Crippen molar-refractivity contribution in [2.75, 3.05) is 6.61 Å². The zero-order valence-electron chi connectivity index (χ0n) is 13.2. The molecule has 1 aromatic rings. The van der Waals surface area contributed by atoms with Gasteiger partial charge in [-0.2, -0.15) is 0 Å². The van der Waals surface area contributed by atoms with Crippen molar-refractivity contribution in [1.29, 1.82) is 0 Å². The third kappa shape index (κ3) is 2.59. The number of hydrogen-bond acceptors (Lipinski definition) is 2. The van der Waals surface area contributed by atoms with E-state index in [9.17, 15) is 4.79 Å². The number of ether oxygens (including phenoxy) is 1. The smallest absolute Gasteiger partial charge is 0.246 e. The minimum absolute atomic E-state index is 0.00745. The summed E-state index contributed by atoms with van der Waals surface area (Å²) < 4.78 is 5.84. The van der Waals surface area contributed by atoms with Crippen LogP contribution in [0.1, 0.15) is 57.6 Å². The molecule has 21 heavy (non-hydrogen) atoms. The SMILES string of the molecule is CC(C)(C)c1ccc(C23CCCCC2OCC(=O)N3)cc1. The van der Waals surface area contributed by atoms with Gasteiger partial charge in [0.2, 0.25) is 5.91 Å². The second-order valence-electron chi connectivity index (χ2n) is 7.39. The Morgan fingerprint density at radius 2 is 1.90 bits per heavy atom. The van der Waals surface area contributed by atoms with Crippen molar-refractivity contribution in [2.45, 2.75) is 63.5 Å². The lowest BCUT2D eigenvalue weighted by Crippen LogP contribution is -2.61. The van der Waals surface area contributed by atoms with Gasteiger partial charge in [-0.3, -0.25) is 4.79 Å². The van der Waals surface area contributed by atoms with Gasteiger partial charge in [-0.1, -0.05) is 57.9 Å². The summed E-state index contributed by atoms with van der Waals surface area (Å²) in [6.07, 6.45) is 4.44. The summed E-state index contributed by atoms with van der Waals surface area (Å²) in [6, 6.07) is 8.73. The number of rotatable bonds is 1. The van der Waals surface area contributed by atoms with Crippen LogP contribution in [0.4, 0.5) is 0 Å². The normalized spacial score (nSPS) is 29.7. The number of hydrogen-bond donors (Lipinski definition) is 1. The molecule has 3 rings (SSSR count). The Kier molecular flexibility index (Phi) is 3.56. The molecule has 1 saturated heterocycles. The minimum atomic E-state index is -0.315. The van der Waals surface area contributed by atoms with E-state index in [1.54, 1.807) is 0 Å². The Balaban J connectivity index is 1.97. The summed E-state index contributed by atoms with van der Waals surface area (Å²) in [5.74, 6) is 0.00745. The molecule has 2 fully saturated rings. The lowest BCUT2D eigenvalue weighted by molar-refractivity contribution is -0.148. The van der Waals surface area contributed by atoms with E-state index in [0.717, 1.165) is 19.3 Å². The Hall–Kier alpha value is -1.35. The fourth-order valence-electron chi connectivity index (χ4n) is 3.64. The number of carbonyl (C=O) groups excluding carboxylic acids is 1. The van der Waals surface area contributed by atoms with E-state index in [-0.39, 0.29) is 29.6 Å². The van der Waals surface area contributed by atoms with Crippen LogP contribution in [0.25, 0.3) is 0 Å². The molecule has 3 heteroatoms. The van der Waals surface area contributed by atoms with Gasteiger partial charge in [0.15, 0.2) is 0 Å². The maximum atomic E-state index is 11.9. The van der Waals surface area contributed by atoms with E-state index in [0.29, 0.717) is 0 Å². The minimum Gasteiger partial charge on any atom is -0.366 e. The van der Waals surface area contributed by atoms with Crippen LogP contribution in [-0.2, 0) is 20.5 Å². The molecule has 2 unspecified atom stereocenters. The first-order chi connectivity index (χ1) is 9.92. The quantitative estimate of drug-likeness (QED) is 0.861. The summed E-state index contributed by atoms with van der Waals surface area (Å²) in [5, 5.41) is 3.24. The average molecular weight is 287 g/mol. The Bertz CT molecular complexity index is 529. The molecule has 1 heterocycles. The molecular formula is C18H25NO2. The van der Waals surface area contributed by atoms with Crippen molar-refractivity contribution in [2.24, 2.45) is 0 Å². The third-order valence-electron chi connectivity index (χ3n) is 4.88. The van der Waals surface area contributed by atoms with Gasteiger partial charge in [-0.25, -0.2) is 0 Å². The van der Waals surface area contributed by atoms with Crippen molar-refractivity contribution in [1.82, 2.24) is 5.32 Å². The highest BCUT2D eigenvalue weighted by Crippen LogP contribution is 2.41. The van der Waals surface area contributed by atoms with Gasteiger partial charge in [-0.05, 0) is 29.4 Å². The van der Waals surface area contributed by atoms with Crippen LogP contribution in [0.2, 0.25) is 0 Å². The second kappa shape index (κ2) is 5.13. The molecule has 0 spiro atoms. The molecule has 2 aliphatic rings. The number of amides is 1. The van der Waals surface area contributed by atoms with Gasteiger partial charge in [0.25, 0.3) is 0 Å². The molecule has 1 aliphatic carbocycles. The van der Waals surface area contributed by atoms with Crippen molar-refractivity contribution in [3.05, 3.63) is 35.4 Å². The molecule has 114 valence electrons. The van der Waals surface area contributed by atoms with Crippen molar-refractivity contribution in [3.8, 4) is 0 Å². The van der Waals surface area contributed by atoms with E-state index >= 15 is 0 Å². The molecule has 1 N–H and O–H groups in total. The van der Waals surface area contributed by atoms with E-state index in [1.807, 2.05) is 0 Å². The monoisotopic (exact) mass is 287 g/mol. The van der Waals surface area contributed by atoms with Crippen LogP contribution in [0, 0.1) is 0 Å². The molecule has 1 amide bonds. The van der Waals surface area contributed by atoms with Crippen LogP contribution >= 0.6 is 0 Å². The number of carbonyl (C=O) groups is 1. The third-order valence-corrected chi connectivity index (χ3v) is 4.88. The Morgan fingerprint density at radius 3 is 2.57 bits per heavy atom. The topological polar surface area (TPSA) is 38.3 Å². The molecule has 1 aromatic carbocycles. The number of benzene rings is 1. The number of nitrogens with one attached hydrogen (secondary N) is 1. The standard InChI is InChI=1S/C18H25NO2/c1-17(2,3)13-7-9-14(10-8-13)18-11-5-4-6-15(18)21-12-16(20)19-18/h7-10,15H,4-6,11-12H2,1-3H3,(H,19,20). The van der Waals surface area contributed by atoms with Gasteiger partial charge < -0.3 is 10.1 Å². The van der Waals surface area contributed by atoms with E-state index in [4.69, 9.17) is 4.74 Å². The van der Waals surface area contributed by atoms with Crippen molar-refractivity contribution >= 4 is 5.91 Å². The Morgan fingerprint density at radius 1 is 1.19 bits per heavy atom. The first-order valence-corrected chi connectivity index (χ1v) is 7.95. The second-order valence-corrected chi connectivity index (χ2v) is 7.39. The first-order valence-electron chi connectivity index (χ1n) is 7.95. The zero-order valence-corrected chi connectivity index (χ0v) is 13.2. The van der Waals surface area contributed by atoms with E-state index in [1.165, 1.54) is 17.5 Å². The predicted molar refractivity (Wildman–Crippen MR) is 83.2 cm³/mol. The van der Waals surface area contributed by atoms with Gasteiger partial charge in [-0.15, -0.1) is 0 Å². The van der Waals surface area contributed by atoms with Gasteiger partial charge in [0.05, 0.1) is 11.6 Å². The molecule has 1 aliphatic heterocycles. The highest BCUT2D eigenvalue weighted by molar-refractivity contribution is 5.79. The maximum Gasteiger partial charge on any atom is 0.246 e.